The molecule has 0 radical (unpaired) electrons. The van der Waals surface area contributed by atoms with Crippen molar-refractivity contribution in [3.05, 3.63) is 29.8 Å². The van der Waals surface area contributed by atoms with E-state index in [1.165, 1.54) is 30.5 Å². The third kappa shape index (κ3) is 4.89. The van der Waals surface area contributed by atoms with Gasteiger partial charge in [0.25, 0.3) is 0 Å². The van der Waals surface area contributed by atoms with Crippen molar-refractivity contribution in [2.45, 2.75) is 72.3 Å². The largest absolute Gasteiger partial charge is 0.382 e. The van der Waals surface area contributed by atoms with Crippen LogP contribution in [0, 0.1) is 5.92 Å². The second kappa shape index (κ2) is 6.98. The van der Waals surface area contributed by atoms with Crippen LogP contribution in [0.3, 0.4) is 0 Å². The Hall–Kier alpha value is -0.980. The third-order valence-corrected chi connectivity index (χ3v) is 3.97. The SMILES string of the molecule is CCC(C)CC(CC)Nc1ccccc1C(C)(C)C. The molecular formula is C18H31N. The quantitative estimate of drug-likeness (QED) is 0.701. The van der Waals surface area contributed by atoms with Crippen LogP contribution in [0.2, 0.25) is 0 Å². The molecule has 0 aromatic heterocycles. The van der Waals surface area contributed by atoms with E-state index in [9.17, 15) is 0 Å². The summed E-state index contributed by atoms with van der Waals surface area (Å²) >= 11 is 0. The van der Waals surface area contributed by atoms with Crippen LogP contribution in [0.15, 0.2) is 24.3 Å². The molecule has 1 aromatic rings. The second-order valence-electron chi connectivity index (χ2n) is 6.79. The molecule has 0 spiro atoms. The maximum Gasteiger partial charge on any atom is 0.0380 e. The smallest absolute Gasteiger partial charge is 0.0380 e. The molecule has 0 amide bonds. The Morgan fingerprint density at radius 1 is 1.05 bits per heavy atom. The molecule has 1 heteroatoms. The Balaban J connectivity index is 2.85. The van der Waals surface area contributed by atoms with Gasteiger partial charge in [0.05, 0.1) is 0 Å². The molecule has 0 aliphatic rings. The van der Waals surface area contributed by atoms with Crippen LogP contribution in [0.5, 0.6) is 0 Å². The van der Waals surface area contributed by atoms with Crippen LogP contribution in [-0.4, -0.2) is 6.04 Å². The molecule has 0 aliphatic heterocycles. The van der Waals surface area contributed by atoms with E-state index < -0.39 is 0 Å². The van der Waals surface area contributed by atoms with E-state index in [-0.39, 0.29) is 5.41 Å². The lowest BCUT2D eigenvalue weighted by Gasteiger charge is -2.27. The highest BCUT2D eigenvalue weighted by Crippen LogP contribution is 2.30. The Labute approximate surface area is 119 Å². The van der Waals surface area contributed by atoms with E-state index in [1.54, 1.807) is 0 Å². The number of hydrogen-bond donors (Lipinski definition) is 1. The van der Waals surface area contributed by atoms with Crippen molar-refractivity contribution in [1.82, 2.24) is 0 Å². The summed E-state index contributed by atoms with van der Waals surface area (Å²) in [4.78, 5) is 0. The summed E-state index contributed by atoms with van der Waals surface area (Å²) in [5.74, 6) is 0.791. The van der Waals surface area contributed by atoms with E-state index in [0.717, 1.165) is 5.92 Å². The Morgan fingerprint density at radius 2 is 1.68 bits per heavy atom. The van der Waals surface area contributed by atoms with Gasteiger partial charge in [-0.1, -0.05) is 66.2 Å². The number of nitrogens with one attached hydrogen (secondary N) is 1. The van der Waals surface area contributed by atoms with Crippen molar-refractivity contribution >= 4 is 5.69 Å². The minimum absolute atomic E-state index is 0.193. The molecule has 1 rings (SSSR count). The molecule has 2 unspecified atom stereocenters. The highest BCUT2D eigenvalue weighted by Gasteiger charge is 2.19. The first kappa shape index (κ1) is 16.1. The monoisotopic (exact) mass is 261 g/mol. The van der Waals surface area contributed by atoms with Crippen LogP contribution in [0.4, 0.5) is 5.69 Å². The Morgan fingerprint density at radius 3 is 2.21 bits per heavy atom. The minimum Gasteiger partial charge on any atom is -0.382 e. The van der Waals surface area contributed by atoms with Crippen molar-refractivity contribution in [2.24, 2.45) is 5.92 Å². The van der Waals surface area contributed by atoms with Crippen LogP contribution in [0.25, 0.3) is 0 Å². The lowest BCUT2D eigenvalue weighted by atomic mass is 9.85. The number of para-hydroxylation sites is 1. The molecule has 0 heterocycles. The van der Waals surface area contributed by atoms with E-state index in [4.69, 9.17) is 0 Å². The third-order valence-electron chi connectivity index (χ3n) is 3.97. The van der Waals surface area contributed by atoms with Gasteiger partial charge in [0.15, 0.2) is 0 Å². The fraction of sp³-hybridized carbons (Fsp3) is 0.667. The topological polar surface area (TPSA) is 12.0 Å². The molecule has 0 bridgehead atoms. The summed E-state index contributed by atoms with van der Waals surface area (Å²) in [6.45, 7) is 13.7. The first-order chi connectivity index (χ1) is 8.88. The minimum atomic E-state index is 0.193. The van der Waals surface area contributed by atoms with Gasteiger partial charge >= 0.3 is 0 Å². The van der Waals surface area contributed by atoms with Gasteiger partial charge in [-0.3, -0.25) is 0 Å². The zero-order chi connectivity index (χ0) is 14.5. The fourth-order valence-corrected chi connectivity index (χ4v) is 2.46. The van der Waals surface area contributed by atoms with Crippen LogP contribution >= 0.6 is 0 Å². The molecule has 1 aromatic carbocycles. The highest BCUT2D eigenvalue weighted by atomic mass is 14.9. The molecular weight excluding hydrogens is 230 g/mol. The second-order valence-corrected chi connectivity index (χ2v) is 6.79. The number of hydrogen-bond acceptors (Lipinski definition) is 1. The van der Waals surface area contributed by atoms with Crippen LogP contribution in [-0.2, 0) is 5.41 Å². The van der Waals surface area contributed by atoms with Gasteiger partial charge in [0.2, 0.25) is 0 Å². The van der Waals surface area contributed by atoms with Crippen molar-refractivity contribution in [2.75, 3.05) is 5.32 Å². The van der Waals surface area contributed by atoms with E-state index >= 15 is 0 Å². The predicted molar refractivity (Wildman–Crippen MR) is 86.9 cm³/mol. The molecule has 1 N–H and O–H groups in total. The Bertz CT molecular complexity index is 376. The van der Waals surface area contributed by atoms with Gasteiger partial charge in [-0.25, -0.2) is 0 Å². The fourth-order valence-electron chi connectivity index (χ4n) is 2.46. The van der Waals surface area contributed by atoms with Gasteiger partial charge < -0.3 is 5.32 Å². The van der Waals surface area contributed by atoms with Crippen molar-refractivity contribution in [1.29, 1.82) is 0 Å². The first-order valence-electron chi connectivity index (χ1n) is 7.74. The lowest BCUT2D eigenvalue weighted by Crippen LogP contribution is -2.24. The maximum atomic E-state index is 3.77. The molecule has 2 atom stereocenters. The van der Waals surface area contributed by atoms with Gasteiger partial charge in [-0.2, -0.15) is 0 Å². The number of rotatable bonds is 6. The molecule has 19 heavy (non-hydrogen) atoms. The van der Waals surface area contributed by atoms with Crippen molar-refractivity contribution in [3.8, 4) is 0 Å². The number of benzene rings is 1. The van der Waals surface area contributed by atoms with Crippen LogP contribution < -0.4 is 5.32 Å². The summed E-state index contributed by atoms with van der Waals surface area (Å²) in [7, 11) is 0. The highest BCUT2D eigenvalue weighted by molar-refractivity contribution is 5.54. The molecule has 0 saturated carbocycles. The van der Waals surface area contributed by atoms with Gasteiger partial charge in [0, 0.05) is 11.7 Å². The van der Waals surface area contributed by atoms with Gasteiger partial charge in [-0.05, 0) is 35.8 Å². The van der Waals surface area contributed by atoms with Crippen molar-refractivity contribution in [3.63, 3.8) is 0 Å². The van der Waals surface area contributed by atoms with Crippen LogP contribution in [0.1, 0.15) is 66.4 Å². The van der Waals surface area contributed by atoms with Gasteiger partial charge in [-0.15, -0.1) is 0 Å². The first-order valence-corrected chi connectivity index (χ1v) is 7.74. The molecule has 108 valence electrons. The van der Waals surface area contributed by atoms with E-state index in [0.29, 0.717) is 6.04 Å². The normalized spacial score (nSPS) is 15.1. The summed E-state index contributed by atoms with van der Waals surface area (Å²) in [6, 6.07) is 9.33. The summed E-state index contributed by atoms with van der Waals surface area (Å²) in [5.41, 5.74) is 2.92. The Kier molecular flexibility index (Phi) is 5.90. The molecule has 0 fully saturated rings. The predicted octanol–water partition coefficient (Wildman–Crippen LogP) is 5.61. The molecule has 1 nitrogen and oxygen atoms in total. The van der Waals surface area contributed by atoms with E-state index in [2.05, 4.69) is 71.1 Å². The standard InChI is InChI=1S/C18H31N/c1-7-14(3)13-15(8-2)19-17-12-10-9-11-16(17)18(4,5)6/h9-12,14-15,19H,7-8,13H2,1-6H3. The number of anilines is 1. The summed E-state index contributed by atoms with van der Waals surface area (Å²) in [5, 5.41) is 3.77. The maximum absolute atomic E-state index is 3.77. The summed E-state index contributed by atoms with van der Waals surface area (Å²) in [6.07, 6.45) is 3.70. The molecule has 0 saturated heterocycles. The lowest BCUT2D eigenvalue weighted by molar-refractivity contribution is 0.461. The van der Waals surface area contributed by atoms with Gasteiger partial charge in [0.1, 0.15) is 0 Å². The molecule has 0 aliphatic carbocycles. The summed E-state index contributed by atoms with van der Waals surface area (Å²) < 4.78 is 0. The van der Waals surface area contributed by atoms with E-state index in [1.807, 2.05) is 0 Å². The zero-order valence-electron chi connectivity index (χ0n) is 13.6. The van der Waals surface area contributed by atoms with Crippen molar-refractivity contribution < 1.29 is 0 Å². The zero-order valence-corrected chi connectivity index (χ0v) is 13.6. The average Bonchev–Trinajstić information content (AvgIpc) is 2.37. The average molecular weight is 261 g/mol.